The molecule has 0 radical (unpaired) electrons. The van der Waals surface area contributed by atoms with Gasteiger partial charge in [0.1, 0.15) is 5.82 Å². The van der Waals surface area contributed by atoms with Crippen LogP contribution < -0.4 is 10.6 Å². The van der Waals surface area contributed by atoms with E-state index in [2.05, 4.69) is 27.8 Å². The van der Waals surface area contributed by atoms with Crippen LogP contribution >= 0.6 is 0 Å². The summed E-state index contributed by atoms with van der Waals surface area (Å²) in [7, 11) is 1.57. The van der Waals surface area contributed by atoms with E-state index in [0.29, 0.717) is 5.69 Å². The zero-order valence-corrected chi connectivity index (χ0v) is 8.87. The van der Waals surface area contributed by atoms with Crippen molar-refractivity contribution in [1.29, 1.82) is 0 Å². The van der Waals surface area contributed by atoms with Gasteiger partial charge in [0.15, 0.2) is 5.69 Å². The van der Waals surface area contributed by atoms with Gasteiger partial charge in [-0.15, -0.1) is 10.2 Å². The van der Waals surface area contributed by atoms with Crippen molar-refractivity contribution in [2.24, 2.45) is 0 Å². The molecule has 0 saturated heterocycles. The minimum absolute atomic E-state index is 0.184. The third-order valence-corrected chi connectivity index (χ3v) is 2.55. The first-order valence-electron chi connectivity index (χ1n) is 4.97. The molecule has 0 bridgehead atoms. The highest BCUT2D eigenvalue weighted by Crippen LogP contribution is 2.37. The van der Waals surface area contributed by atoms with Crippen LogP contribution in [0.3, 0.4) is 0 Å². The molecule has 0 unspecified atom stereocenters. The Kier molecular flexibility index (Phi) is 2.30. The lowest BCUT2D eigenvalue weighted by atomic mass is 10.3. The summed E-state index contributed by atoms with van der Waals surface area (Å²) < 4.78 is 0. The summed E-state index contributed by atoms with van der Waals surface area (Å²) in [6.45, 7) is 2.14. The lowest BCUT2D eigenvalue weighted by Crippen LogP contribution is -2.21. The van der Waals surface area contributed by atoms with Gasteiger partial charge in [-0.2, -0.15) is 0 Å². The number of hydrogen-bond donors (Lipinski definition) is 2. The van der Waals surface area contributed by atoms with Crippen LogP contribution in [0.1, 0.15) is 30.3 Å². The summed E-state index contributed by atoms with van der Waals surface area (Å²) in [5.41, 5.74) is 0.521. The summed E-state index contributed by atoms with van der Waals surface area (Å²) >= 11 is 0. The summed E-state index contributed by atoms with van der Waals surface area (Å²) in [4.78, 5) is 11.2. The Bertz CT molecular complexity index is 370. The van der Waals surface area contributed by atoms with Gasteiger partial charge in [-0.05, 0) is 31.9 Å². The largest absolute Gasteiger partial charge is 0.363 e. The monoisotopic (exact) mass is 206 g/mol. The van der Waals surface area contributed by atoms with E-state index in [1.165, 1.54) is 0 Å². The SMILES string of the molecule is CNC(=O)c1ccc(NC2(C)CC2)nn1. The molecule has 1 heterocycles. The van der Waals surface area contributed by atoms with Crippen LogP contribution in [0.5, 0.6) is 0 Å². The molecule has 1 amide bonds. The van der Waals surface area contributed by atoms with Crippen molar-refractivity contribution in [3.63, 3.8) is 0 Å². The number of aromatic nitrogens is 2. The summed E-state index contributed by atoms with van der Waals surface area (Å²) in [5, 5.41) is 13.6. The predicted octanol–water partition coefficient (Wildman–Crippen LogP) is 0.801. The molecule has 2 N–H and O–H groups in total. The minimum Gasteiger partial charge on any atom is -0.363 e. The maximum Gasteiger partial charge on any atom is 0.271 e. The van der Waals surface area contributed by atoms with Crippen molar-refractivity contribution >= 4 is 11.7 Å². The number of nitrogens with zero attached hydrogens (tertiary/aromatic N) is 2. The van der Waals surface area contributed by atoms with E-state index in [0.717, 1.165) is 18.7 Å². The summed E-state index contributed by atoms with van der Waals surface area (Å²) in [6.07, 6.45) is 2.32. The van der Waals surface area contributed by atoms with Crippen molar-refractivity contribution in [1.82, 2.24) is 15.5 Å². The number of hydrogen-bond acceptors (Lipinski definition) is 4. The highest BCUT2D eigenvalue weighted by molar-refractivity contribution is 5.91. The minimum atomic E-state index is -0.216. The standard InChI is InChI=1S/C10H14N4O/c1-10(5-6-10)12-8-4-3-7(13-14-8)9(15)11-2/h3-4H,5-6H2,1-2H3,(H,11,15)(H,12,14). The lowest BCUT2D eigenvalue weighted by Gasteiger charge is -2.11. The van der Waals surface area contributed by atoms with Crippen LogP contribution in [-0.4, -0.2) is 28.7 Å². The van der Waals surface area contributed by atoms with Crippen molar-refractivity contribution in [3.05, 3.63) is 17.8 Å². The van der Waals surface area contributed by atoms with Gasteiger partial charge >= 0.3 is 0 Å². The predicted molar refractivity (Wildman–Crippen MR) is 56.7 cm³/mol. The van der Waals surface area contributed by atoms with Crippen LogP contribution in [0.2, 0.25) is 0 Å². The van der Waals surface area contributed by atoms with E-state index < -0.39 is 0 Å². The van der Waals surface area contributed by atoms with E-state index in [1.807, 2.05) is 0 Å². The molecule has 0 atom stereocenters. The molecule has 0 spiro atoms. The lowest BCUT2D eigenvalue weighted by molar-refractivity contribution is 0.0957. The van der Waals surface area contributed by atoms with E-state index in [9.17, 15) is 4.79 Å². The maximum absolute atomic E-state index is 11.2. The molecule has 1 aliphatic carbocycles. The molecule has 5 nitrogen and oxygen atoms in total. The average Bonchev–Trinajstić information content (AvgIpc) is 2.96. The van der Waals surface area contributed by atoms with Crippen LogP contribution in [-0.2, 0) is 0 Å². The van der Waals surface area contributed by atoms with Gasteiger partial charge in [0.2, 0.25) is 0 Å². The molecule has 5 heteroatoms. The molecule has 1 aliphatic rings. The summed E-state index contributed by atoms with van der Waals surface area (Å²) in [5.74, 6) is 0.509. The molecule has 2 rings (SSSR count). The zero-order valence-electron chi connectivity index (χ0n) is 8.87. The Morgan fingerprint density at radius 3 is 2.60 bits per heavy atom. The highest BCUT2D eigenvalue weighted by atomic mass is 16.1. The Morgan fingerprint density at radius 1 is 1.40 bits per heavy atom. The maximum atomic E-state index is 11.2. The van der Waals surface area contributed by atoms with Crippen LogP contribution in [0.25, 0.3) is 0 Å². The van der Waals surface area contributed by atoms with Crippen molar-refractivity contribution in [2.75, 3.05) is 12.4 Å². The number of amides is 1. The van der Waals surface area contributed by atoms with E-state index in [4.69, 9.17) is 0 Å². The molecule has 1 fully saturated rings. The molecule has 0 aliphatic heterocycles. The van der Waals surface area contributed by atoms with Gasteiger partial charge in [-0.3, -0.25) is 4.79 Å². The van der Waals surface area contributed by atoms with Gasteiger partial charge in [0.25, 0.3) is 5.91 Å². The topological polar surface area (TPSA) is 66.9 Å². The van der Waals surface area contributed by atoms with Crippen molar-refractivity contribution in [3.8, 4) is 0 Å². The van der Waals surface area contributed by atoms with E-state index >= 15 is 0 Å². The first kappa shape index (κ1) is 9.89. The van der Waals surface area contributed by atoms with Crippen LogP contribution in [0.4, 0.5) is 5.82 Å². The van der Waals surface area contributed by atoms with Crippen LogP contribution in [0, 0.1) is 0 Å². The zero-order chi connectivity index (χ0) is 10.9. The van der Waals surface area contributed by atoms with Crippen LogP contribution in [0.15, 0.2) is 12.1 Å². The number of nitrogens with one attached hydrogen (secondary N) is 2. The smallest absolute Gasteiger partial charge is 0.271 e. The number of carbonyl (C=O) groups excluding carboxylic acids is 1. The second-order valence-electron chi connectivity index (χ2n) is 4.07. The number of rotatable bonds is 3. The first-order valence-corrected chi connectivity index (χ1v) is 4.97. The van der Waals surface area contributed by atoms with Crippen molar-refractivity contribution < 1.29 is 4.79 Å². The van der Waals surface area contributed by atoms with E-state index in [-0.39, 0.29) is 11.4 Å². The third-order valence-electron chi connectivity index (χ3n) is 2.55. The Balaban J connectivity index is 2.06. The quantitative estimate of drug-likeness (QED) is 0.767. The molecular weight excluding hydrogens is 192 g/mol. The fraction of sp³-hybridized carbons (Fsp3) is 0.500. The van der Waals surface area contributed by atoms with Crippen molar-refractivity contribution in [2.45, 2.75) is 25.3 Å². The Morgan fingerprint density at radius 2 is 2.13 bits per heavy atom. The molecule has 1 aromatic heterocycles. The van der Waals surface area contributed by atoms with Gasteiger partial charge in [-0.25, -0.2) is 0 Å². The second kappa shape index (κ2) is 3.49. The molecule has 15 heavy (non-hydrogen) atoms. The van der Waals surface area contributed by atoms with E-state index in [1.54, 1.807) is 19.2 Å². The fourth-order valence-electron chi connectivity index (χ4n) is 1.27. The molecule has 80 valence electrons. The normalized spacial score (nSPS) is 16.9. The molecule has 1 saturated carbocycles. The van der Waals surface area contributed by atoms with Gasteiger partial charge in [0.05, 0.1) is 0 Å². The molecule has 0 aromatic carbocycles. The number of carbonyl (C=O) groups is 1. The highest BCUT2D eigenvalue weighted by Gasteiger charge is 2.37. The van der Waals surface area contributed by atoms with Gasteiger partial charge in [-0.1, -0.05) is 0 Å². The molecule has 1 aromatic rings. The summed E-state index contributed by atoms with van der Waals surface area (Å²) in [6, 6.07) is 3.45. The third kappa shape index (κ3) is 2.23. The fourth-order valence-corrected chi connectivity index (χ4v) is 1.27. The van der Waals surface area contributed by atoms with Gasteiger partial charge in [0, 0.05) is 12.6 Å². The second-order valence-corrected chi connectivity index (χ2v) is 4.07. The Labute approximate surface area is 88.3 Å². The average molecular weight is 206 g/mol. The molecular formula is C10H14N4O. The Hall–Kier alpha value is -1.65. The number of anilines is 1. The van der Waals surface area contributed by atoms with Gasteiger partial charge < -0.3 is 10.6 Å². The first-order chi connectivity index (χ1) is 7.13.